The van der Waals surface area contributed by atoms with E-state index < -0.39 is 47.1 Å². The molecule has 2 heterocycles. The second-order valence-corrected chi connectivity index (χ2v) is 7.42. The second-order valence-electron chi connectivity index (χ2n) is 7.42. The maximum Gasteiger partial charge on any atom is 0.278 e. The van der Waals surface area contributed by atoms with Gasteiger partial charge in [-0.1, -0.05) is 49.4 Å². The predicted octanol–water partition coefficient (Wildman–Crippen LogP) is 0.00280. The molecule has 9 nitrogen and oxygen atoms in total. The van der Waals surface area contributed by atoms with Crippen molar-refractivity contribution in [1.82, 2.24) is 5.32 Å². The third kappa shape index (κ3) is 3.30. The molecule has 1 amide bonds. The molecule has 0 saturated carbocycles. The fraction of sp³-hybridized carbons (Fsp3) is 0.409. The highest BCUT2D eigenvalue weighted by atomic mass is 16.6. The van der Waals surface area contributed by atoms with Crippen molar-refractivity contribution in [1.29, 1.82) is 0 Å². The zero-order chi connectivity index (χ0) is 23.0. The van der Waals surface area contributed by atoms with Crippen LogP contribution in [0.25, 0.3) is 0 Å². The number of hydrogen-bond acceptors (Lipinski definition) is 8. The van der Waals surface area contributed by atoms with Gasteiger partial charge in [0.15, 0.2) is 6.10 Å². The van der Waals surface area contributed by atoms with Gasteiger partial charge in [0.1, 0.15) is 18.0 Å². The van der Waals surface area contributed by atoms with E-state index in [4.69, 9.17) is 9.47 Å². The summed E-state index contributed by atoms with van der Waals surface area (Å²) in [6.45, 7) is 3.13. The Kier molecular flexibility index (Phi) is 6.15. The van der Waals surface area contributed by atoms with Crippen molar-refractivity contribution >= 4 is 17.5 Å². The lowest BCUT2D eigenvalue weighted by Gasteiger charge is -2.32. The van der Waals surface area contributed by atoms with Gasteiger partial charge in [-0.25, -0.2) is 0 Å². The Morgan fingerprint density at radius 1 is 1.29 bits per heavy atom. The van der Waals surface area contributed by atoms with Crippen LogP contribution in [0.5, 0.6) is 0 Å². The number of benzene rings is 1. The van der Waals surface area contributed by atoms with Gasteiger partial charge in [-0.15, -0.1) is 0 Å². The van der Waals surface area contributed by atoms with Gasteiger partial charge in [0, 0.05) is 18.2 Å². The molecule has 0 radical (unpaired) electrons. The van der Waals surface area contributed by atoms with Crippen molar-refractivity contribution in [2.24, 2.45) is 0 Å². The topological polar surface area (TPSA) is 142 Å². The number of aliphatic hydroxyl groups excluding tert-OH is 3. The molecule has 1 aromatic carbocycles. The van der Waals surface area contributed by atoms with Gasteiger partial charge in [0.2, 0.25) is 17.3 Å². The molecule has 0 bridgehead atoms. The number of methoxy groups -OCH3 is 1. The van der Waals surface area contributed by atoms with Gasteiger partial charge in [0.05, 0.1) is 0 Å². The fourth-order valence-corrected chi connectivity index (χ4v) is 3.81. The number of ketones is 2. The van der Waals surface area contributed by atoms with E-state index in [1.165, 1.54) is 25.1 Å². The van der Waals surface area contributed by atoms with E-state index in [-0.39, 0.29) is 16.9 Å². The van der Waals surface area contributed by atoms with Crippen LogP contribution in [0.2, 0.25) is 0 Å². The van der Waals surface area contributed by atoms with Gasteiger partial charge in [-0.3, -0.25) is 14.4 Å². The minimum Gasteiger partial charge on any atom is -0.467 e. The first kappa shape index (κ1) is 22.8. The summed E-state index contributed by atoms with van der Waals surface area (Å²) in [4.78, 5) is 39.2. The lowest BCUT2D eigenvalue weighted by Crippen LogP contribution is -2.60. The number of hydrogen-bond donors (Lipinski definition) is 4. The summed E-state index contributed by atoms with van der Waals surface area (Å²) in [6, 6.07) is 7.82. The lowest BCUT2D eigenvalue weighted by atomic mass is 9.85. The Balaban J connectivity index is 1.99. The van der Waals surface area contributed by atoms with Crippen LogP contribution in [0, 0.1) is 0 Å². The molecule has 1 saturated heterocycles. The third-order valence-electron chi connectivity index (χ3n) is 5.58. The molecule has 3 rings (SSSR count). The summed E-state index contributed by atoms with van der Waals surface area (Å²) < 4.78 is 10.8. The van der Waals surface area contributed by atoms with Gasteiger partial charge in [0.25, 0.3) is 11.5 Å². The van der Waals surface area contributed by atoms with Crippen LogP contribution in [-0.4, -0.2) is 69.5 Å². The molecule has 0 aliphatic carbocycles. The van der Waals surface area contributed by atoms with Crippen molar-refractivity contribution in [3.8, 4) is 0 Å². The highest BCUT2D eigenvalue weighted by Crippen LogP contribution is 2.44. The maximum absolute atomic E-state index is 13.1. The quantitative estimate of drug-likeness (QED) is 0.269. The van der Waals surface area contributed by atoms with Crippen molar-refractivity contribution in [3.05, 3.63) is 59.4 Å². The molecule has 2 aliphatic rings. The number of aliphatic hydroxyl groups is 3. The number of carbonyl (C=O) groups excluding carboxylic acids is 3. The Morgan fingerprint density at radius 2 is 1.94 bits per heavy atom. The smallest absolute Gasteiger partial charge is 0.278 e. The van der Waals surface area contributed by atoms with E-state index in [0.717, 1.165) is 7.11 Å². The van der Waals surface area contributed by atoms with Crippen LogP contribution in [0.1, 0.15) is 30.6 Å². The molecule has 0 aromatic heterocycles. The monoisotopic (exact) mass is 431 g/mol. The molecule has 166 valence electrons. The Labute approximate surface area is 179 Å². The van der Waals surface area contributed by atoms with Gasteiger partial charge < -0.3 is 30.1 Å². The standard InChI is InChI=1S/C22H25NO8/c1-4-5-11-14(24)15(25)16-12(2)17(26)21(31-16)19(28)22(30-3,23-20(21)29)18(27)13-9-7-6-8-10-13/h5-11,14-15,19,24-25,28H,4H2,1-3H3,(H,23,29)/b11-5+/t14-,15-,19+,21+,22+/m0/s1. The third-order valence-corrected chi connectivity index (χ3v) is 5.58. The van der Waals surface area contributed by atoms with Crippen molar-refractivity contribution in [3.63, 3.8) is 0 Å². The highest BCUT2D eigenvalue weighted by Gasteiger charge is 2.74. The molecular formula is C22H25NO8. The minimum atomic E-state index is -2.53. The molecule has 5 atom stereocenters. The number of ether oxygens (including phenoxy) is 2. The zero-order valence-corrected chi connectivity index (χ0v) is 17.4. The first-order valence-electron chi connectivity index (χ1n) is 9.80. The summed E-state index contributed by atoms with van der Waals surface area (Å²) in [5, 5.41) is 34.0. The van der Waals surface area contributed by atoms with Gasteiger partial charge in [-0.2, -0.15) is 0 Å². The SMILES string of the molecule is CC/C=C/[C@H](O)[C@H](O)C1=C(C)C(=O)[C@]2(O1)C(=O)N[C@@](OC)(C(=O)c1ccccc1)[C@@H]2O. The van der Waals surface area contributed by atoms with Crippen LogP contribution in [-0.2, 0) is 19.1 Å². The largest absolute Gasteiger partial charge is 0.467 e. The van der Waals surface area contributed by atoms with E-state index >= 15 is 0 Å². The highest BCUT2D eigenvalue weighted by molar-refractivity contribution is 6.23. The molecule has 1 aromatic rings. The average Bonchev–Trinajstić information content (AvgIpc) is 3.18. The van der Waals surface area contributed by atoms with E-state index in [2.05, 4.69) is 5.32 Å². The molecule has 9 heteroatoms. The zero-order valence-electron chi connectivity index (χ0n) is 17.4. The molecule has 0 unspecified atom stereocenters. The minimum absolute atomic E-state index is 0.135. The Hall–Kier alpha value is -2.85. The average molecular weight is 431 g/mol. The number of Topliss-reactive ketones (excluding diaryl/α,β-unsaturated/α-hetero) is 2. The van der Waals surface area contributed by atoms with Crippen LogP contribution >= 0.6 is 0 Å². The van der Waals surface area contributed by atoms with Crippen molar-refractivity contribution in [2.45, 2.75) is 49.9 Å². The van der Waals surface area contributed by atoms with Crippen LogP contribution in [0.4, 0.5) is 0 Å². The predicted molar refractivity (Wildman–Crippen MR) is 108 cm³/mol. The Bertz CT molecular complexity index is 956. The van der Waals surface area contributed by atoms with E-state index in [0.29, 0.717) is 6.42 Å². The number of rotatable bonds is 7. The van der Waals surface area contributed by atoms with Crippen LogP contribution in [0.15, 0.2) is 53.8 Å². The van der Waals surface area contributed by atoms with Crippen LogP contribution in [0.3, 0.4) is 0 Å². The summed E-state index contributed by atoms with van der Waals surface area (Å²) in [7, 11) is 1.11. The summed E-state index contributed by atoms with van der Waals surface area (Å²) in [6.07, 6.45) is -1.60. The molecule has 4 N–H and O–H groups in total. The molecule has 1 spiro atoms. The first-order chi connectivity index (χ1) is 14.7. The molecule has 2 aliphatic heterocycles. The number of amides is 1. The lowest BCUT2D eigenvalue weighted by molar-refractivity contribution is -0.163. The maximum atomic E-state index is 13.1. The summed E-state index contributed by atoms with van der Waals surface area (Å²) in [5.74, 6) is -3.15. The van der Waals surface area contributed by atoms with E-state index in [1.807, 2.05) is 6.92 Å². The number of nitrogens with one attached hydrogen (secondary N) is 1. The molecule has 31 heavy (non-hydrogen) atoms. The molecule has 1 fully saturated rings. The van der Waals surface area contributed by atoms with E-state index in [1.54, 1.807) is 24.3 Å². The first-order valence-corrected chi connectivity index (χ1v) is 9.80. The summed E-state index contributed by atoms with van der Waals surface area (Å²) >= 11 is 0. The van der Waals surface area contributed by atoms with Gasteiger partial charge in [-0.05, 0) is 13.3 Å². The van der Waals surface area contributed by atoms with Crippen molar-refractivity contribution in [2.75, 3.05) is 7.11 Å². The fourth-order valence-electron chi connectivity index (χ4n) is 3.81. The molecular weight excluding hydrogens is 406 g/mol. The normalized spacial score (nSPS) is 30.1. The summed E-state index contributed by atoms with van der Waals surface area (Å²) in [5.41, 5.74) is -4.83. The van der Waals surface area contributed by atoms with E-state index in [9.17, 15) is 29.7 Å². The number of allylic oxidation sites excluding steroid dienone is 1. The number of carbonyl (C=O) groups is 3. The Morgan fingerprint density at radius 3 is 2.52 bits per heavy atom. The van der Waals surface area contributed by atoms with Crippen molar-refractivity contribution < 1.29 is 39.2 Å². The second kappa shape index (κ2) is 8.35. The van der Waals surface area contributed by atoms with Gasteiger partial charge >= 0.3 is 0 Å². The van der Waals surface area contributed by atoms with Crippen LogP contribution < -0.4 is 5.32 Å².